The van der Waals surface area contributed by atoms with Gasteiger partial charge in [-0.25, -0.2) is 0 Å². The van der Waals surface area contributed by atoms with E-state index in [1.807, 2.05) is 36.5 Å². The molecule has 5 rings (SSSR count). The average molecular weight is 381 g/mol. The summed E-state index contributed by atoms with van der Waals surface area (Å²) >= 11 is 0. The highest BCUT2D eigenvalue weighted by Crippen LogP contribution is 2.40. The van der Waals surface area contributed by atoms with Crippen LogP contribution in [0.2, 0.25) is 0 Å². The number of pyridine rings is 2. The van der Waals surface area contributed by atoms with Crippen LogP contribution in [0.3, 0.4) is 0 Å². The number of H-pyrrole nitrogens is 1. The molecule has 0 saturated heterocycles. The fourth-order valence-electron chi connectivity index (χ4n) is 4.57. The number of nitrogens with zero attached hydrogens (tertiary/aromatic N) is 2. The number of aromatic amines is 1. The van der Waals surface area contributed by atoms with E-state index in [2.05, 4.69) is 40.9 Å². The summed E-state index contributed by atoms with van der Waals surface area (Å²) in [6.07, 6.45) is 7.60. The van der Waals surface area contributed by atoms with Gasteiger partial charge in [0.2, 0.25) is 0 Å². The Morgan fingerprint density at radius 3 is 2.62 bits per heavy atom. The summed E-state index contributed by atoms with van der Waals surface area (Å²) in [5.74, 6) is 0.237. The minimum absolute atomic E-state index is 0.0227. The molecule has 4 nitrogen and oxygen atoms in total. The summed E-state index contributed by atoms with van der Waals surface area (Å²) < 4.78 is 0. The summed E-state index contributed by atoms with van der Waals surface area (Å²) in [7, 11) is 0. The molecule has 0 amide bonds. The third kappa shape index (κ3) is 3.15. The number of hydrogen-bond donors (Lipinski definition) is 1. The Morgan fingerprint density at radius 2 is 1.79 bits per heavy atom. The second-order valence-electron chi connectivity index (χ2n) is 8.67. The van der Waals surface area contributed by atoms with Gasteiger partial charge in [0.25, 0.3) is 0 Å². The van der Waals surface area contributed by atoms with E-state index in [1.165, 1.54) is 5.56 Å². The Kier molecular flexibility index (Phi) is 4.09. The zero-order valence-electron chi connectivity index (χ0n) is 16.7. The molecule has 1 N–H and O–H groups in total. The highest BCUT2D eigenvalue weighted by molar-refractivity contribution is 6.02. The van der Waals surface area contributed by atoms with E-state index in [0.717, 1.165) is 45.4 Å². The van der Waals surface area contributed by atoms with Crippen LogP contribution in [0.4, 0.5) is 0 Å². The monoisotopic (exact) mass is 381 g/mol. The van der Waals surface area contributed by atoms with Gasteiger partial charge in [0.15, 0.2) is 5.78 Å². The van der Waals surface area contributed by atoms with Crippen LogP contribution in [-0.4, -0.2) is 20.7 Å². The number of aromatic nitrogens is 3. The molecule has 1 aromatic carbocycles. The maximum Gasteiger partial charge on any atom is 0.165 e. The van der Waals surface area contributed by atoms with Crippen molar-refractivity contribution >= 4 is 16.7 Å². The summed E-state index contributed by atoms with van der Waals surface area (Å²) in [5, 5.41) is 1.13. The van der Waals surface area contributed by atoms with Crippen LogP contribution < -0.4 is 0 Å². The zero-order chi connectivity index (χ0) is 20.0. The molecule has 144 valence electrons. The van der Waals surface area contributed by atoms with E-state index in [1.54, 1.807) is 12.4 Å². The Balaban J connectivity index is 1.71. The first-order valence-corrected chi connectivity index (χ1v) is 10.0. The molecule has 29 heavy (non-hydrogen) atoms. The predicted octanol–water partition coefficient (Wildman–Crippen LogP) is 5.37. The highest BCUT2D eigenvalue weighted by atomic mass is 16.1. The van der Waals surface area contributed by atoms with Crippen molar-refractivity contribution in [1.82, 2.24) is 15.0 Å². The van der Waals surface area contributed by atoms with Gasteiger partial charge in [0.05, 0.1) is 11.2 Å². The quantitative estimate of drug-likeness (QED) is 0.519. The molecule has 0 saturated carbocycles. The third-order valence-electron chi connectivity index (χ3n) is 5.83. The topological polar surface area (TPSA) is 58.6 Å². The van der Waals surface area contributed by atoms with Crippen molar-refractivity contribution in [3.8, 4) is 11.3 Å². The van der Waals surface area contributed by atoms with Crippen LogP contribution in [0.15, 0.2) is 61.1 Å². The minimum Gasteiger partial charge on any atom is -0.358 e. The van der Waals surface area contributed by atoms with Crippen LogP contribution in [0.25, 0.3) is 22.2 Å². The summed E-state index contributed by atoms with van der Waals surface area (Å²) in [6, 6.07) is 14.2. The van der Waals surface area contributed by atoms with Crippen molar-refractivity contribution in [3.63, 3.8) is 0 Å². The Labute approximate surface area is 170 Å². The summed E-state index contributed by atoms with van der Waals surface area (Å²) in [5.41, 5.74) is 7.27. The van der Waals surface area contributed by atoms with Gasteiger partial charge in [0.1, 0.15) is 0 Å². The molecule has 0 spiro atoms. The number of nitrogens with one attached hydrogen (secondary N) is 1. The van der Waals surface area contributed by atoms with E-state index in [0.29, 0.717) is 12.8 Å². The molecule has 0 radical (unpaired) electrons. The maximum absolute atomic E-state index is 13.2. The average Bonchev–Trinajstić information content (AvgIpc) is 3.06. The van der Waals surface area contributed by atoms with Crippen LogP contribution in [0, 0.1) is 5.41 Å². The van der Waals surface area contributed by atoms with Crippen molar-refractivity contribution in [2.24, 2.45) is 5.41 Å². The lowest BCUT2D eigenvalue weighted by Crippen LogP contribution is -2.27. The standard InChI is InChI=1S/C25H23N3O/c1-25(2)14-21-23(22(29)15-25)19(24(28-21)16-7-10-26-11-8-16)13-17-9-12-27-20-6-4-3-5-18(17)20/h3-12,28H,13-15H2,1-2H3. The number of fused-ring (bicyclic) bond motifs is 2. The summed E-state index contributed by atoms with van der Waals surface area (Å²) in [4.78, 5) is 25.4. The Hall–Kier alpha value is -3.27. The fourth-order valence-corrected chi connectivity index (χ4v) is 4.57. The molecule has 0 atom stereocenters. The first-order chi connectivity index (χ1) is 14.0. The van der Waals surface area contributed by atoms with Gasteiger partial charge < -0.3 is 4.98 Å². The van der Waals surface area contributed by atoms with Gasteiger partial charge in [-0.05, 0) is 47.2 Å². The molecule has 0 aliphatic heterocycles. The van der Waals surface area contributed by atoms with Crippen LogP contribution in [0.5, 0.6) is 0 Å². The lowest BCUT2D eigenvalue weighted by molar-refractivity contribution is 0.0911. The lowest BCUT2D eigenvalue weighted by Gasteiger charge is -2.28. The number of carbonyl (C=O) groups excluding carboxylic acids is 1. The number of benzene rings is 1. The van der Waals surface area contributed by atoms with Crippen molar-refractivity contribution < 1.29 is 4.79 Å². The Morgan fingerprint density at radius 1 is 1.00 bits per heavy atom. The van der Waals surface area contributed by atoms with E-state index in [9.17, 15) is 4.79 Å². The molecule has 3 aromatic heterocycles. The largest absolute Gasteiger partial charge is 0.358 e. The van der Waals surface area contributed by atoms with Gasteiger partial charge >= 0.3 is 0 Å². The minimum atomic E-state index is -0.0227. The Bertz CT molecular complexity index is 1220. The lowest BCUT2D eigenvalue weighted by atomic mass is 9.75. The van der Waals surface area contributed by atoms with E-state index in [4.69, 9.17) is 0 Å². The molecule has 4 heteroatoms. The second-order valence-corrected chi connectivity index (χ2v) is 8.67. The van der Waals surface area contributed by atoms with Gasteiger partial charge in [-0.1, -0.05) is 32.0 Å². The van der Waals surface area contributed by atoms with Crippen LogP contribution >= 0.6 is 0 Å². The molecule has 3 heterocycles. The smallest absolute Gasteiger partial charge is 0.165 e. The predicted molar refractivity (Wildman–Crippen MR) is 115 cm³/mol. The van der Waals surface area contributed by atoms with Crippen molar-refractivity contribution in [3.05, 3.63) is 83.4 Å². The molecule has 0 fully saturated rings. The second kappa shape index (κ2) is 6.66. The van der Waals surface area contributed by atoms with Crippen molar-refractivity contribution in [2.75, 3.05) is 0 Å². The number of para-hydroxylation sites is 1. The maximum atomic E-state index is 13.2. The van der Waals surface area contributed by atoms with Crippen LogP contribution in [-0.2, 0) is 12.8 Å². The number of hydrogen-bond acceptors (Lipinski definition) is 3. The first kappa shape index (κ1) is 17.8. The summed E-state index contributed by atoms with van der Waals surface area (Å²) in [6.45, 7) is 4.33. The molecule has 1 aliphatic rings. The molecule has 0 unspecified atom stereocenters. The van der Waals surface area contributed by atoms with E-state index < -0.39 is 0 Å². The fraction of sp³-hybridized carbons (Fsp3) is 0.240. The normalized spacial score (nSPS) is 15.4. The van der Waals surface area contributed by atoms with Crippen LogP contribution in [0.1, 0.15) is 47.4 Å². The third-order valence-corrected chi connectivity index (χ3v) is 5.83. The van der Waals surface area contributed by atoms with Gasteiger partial charge in [-0.15, -0.1) is 0 Å². The molecular formula is C25H23N3O. The zero-order valence-corrected chi connectivity index (χ0v) is 16.7. The molecule has 0 bridgehead atoms. The van der Waals surface area contributed by atoms with E-state index in [-0.39, 0.29) is 11.2 Å². The molecular weight excluding hydrogens is 358 g/mol. The van der Waals surface area contributed by atoms with Gasteiger partial charge in [-0.2, -0.15) is 0 Å². The highest BCUT2D eigenvalue weighted by Gasteiger charge is 2.35. The number of ketones is 1. The SMILES string of the molecule is CC1(C)CC(=O)c2c([nH]c(-c3ccncc3)c2Cc2ccnc3ccccc23)C1. The van der Waals surface area contributed by atoms with Crippen molar-refractivity contribution in [2.45, 2.75) is 33.1 Å². The van der Waals surface area contributed by atoms with Gasteiger partial charge in [-0.3, -0.25) is 14.8 Å². The van der Waals surface area contributed by atoms with E-state index >= 15 is 0 Å². The number of carbonyl (C=O) groups is 1. The number of rotatable bonds is 3. The number of Topliss-reactive ketones (excluding diaryl/α,β-unsaturated/α-hetero) is 1. The van der Waals surface area contributed by atoms with Gasteiger partial charge in [0, 0.05) is 53.6 Å². The van der Waals surface area contributed by atoms with Crippen molar-refractivity contribution in [1.29, 1.82) is 0 Å². The molecule has 4 aromatic rings. The molecule has 1 aliphatic carbocycles. The first-order valence-electron chi connectivity index (χ1n) is 10.0.